The van der Waals surface area contributed by atoms with E-state index >= 15 is 0 Å². The van der Waals surface area contributed by atoms with Crippen molar-refractivity contribution in [2.45, 2.75) is 51.1 Å². The van der Waals surface area contributed by atoms with Gasteiger partial charge in [-0.25, -0.2) is 0 Å². The molecule has 1 aromatic carbocycles. The predicted octanol–water partition coefficient (Wildman–Crippen LogP) is 0.976. The summed E-state index contributed by atoms with van der Waals surface area (Å²) < 4.78 is 10.2. The zero-order chi connectivity index (χ0) is 29.9. The van der Waals surface area contributed by atoms with E-state index < -0.39 is 35.8 Å². The van der Waals surface area contributed by atoms with Crippen molar-refractivity contribution < 1.29 is 28.7 Å². The van der Waals surface area contributed by atoms with Crippen LogP contribution in [-0.2, 0) is 30.3 Å². The fourth-order valence-electron chi connectivity index (χ4n) is 3.48. The number of nitrogens with one attached hydrogen (secondary N) is 3. The van der Waals surface area contributed by atoms with Crippen molar-refractivity contribution in [2.75, 3.05) is 20.3 Å². The lowest BCUT2D eigenvalue weighted by Gasteiger charge is -2.21. The SMILES string of the molecule is C=CCOc1ccc(C[C@H](NC(C)=O)C(=O)N/C(=C/CCCN=C(N)N)C(=O)N[C@@H](CC=C)CC(=O)OC)cc1. The highest BCUT2D eigenvalue weighted by molar-refractivity contribution is 5.99. The highest BCUT2D eigenvalue weighted by Crippen LogP contribution is 2.14. The van der Waals surface area contributed by atoms with Crippen molar-refractivity contribution in [1.82, 2.24) is 16.0 Å². The van der Waals surface area contributed by atoms with Crippen molar-refractivity contribution >= 4 is 29.7 Å². The van der Waals surface area contributed by atoms with Gasteiger partial charge in [-0.3, -0.25) is 24.2 Å². The number of benzene rings is 1. The van der Waals surface area contributed by atoms with E-state index in [1.165, 1.54) is 20.1 Å². The monoisotopic (exact) mass is 556 g/mol. The second kappa shape index (κ2) is 18.6. The summed E-state index contributed by atoms with van der Waals surface area (Å²) in [6, 6.07) is 5.47. The topological polar surface area (TPSA) is 187 Å². The Labute approximate surface area is 234 Å². The van der Waals surface area contributed by atoms with Gasteiger partial charge in [-0.05, 0) is 37.0 Å². The zero-order valence-electron chi connectivity index (χ0n) is 23.1. The summed E-state index contributed by atoms with van der Waals surface area (Å²) in [6.07, 6.45) is 5.96. The highest BCUT2D eigenvalue weighted by Gasteiger charge is 2.24. The van der Waals surface area contributed by atoms with Crippen molar-refractivity contribution in [2.24, 2.45) is 16.5 Å². The van der Waals surface area contributed by atoms with Crippen molar-refractivity contribution in [3.63, 3.8) is 0 Å². The summed E-state index contributed by atoms with van der Waals surface area (Å²) in [6.45, 7) is 9.24. The van der Waals surface area contributed by atoms with E-state index in [2.05, 4.69) is 34.1 Å². The van der Waals surface area contributed by atoms with Crippen LogP contribution in [0.4, 0.5) is 0 Å². The predicted molar refractivity (Wildman–Crippen MR) is 153 cm³/mol. The number of nitrogens with zero attached hydrogens (tertiary/aromatic N) is 1. The van der Waals surface area contributed by atoms with E-state index in [4.69, 9.17) is 20.9 Å². The Kier molecular flexibility index (Phi) is 15.5. The van der Waals surface area contributed by atoms with E-state index in [-0.39, 0.29) is 24.5 Å². The molecule has 0 radical (unpaired) electrons. The largest absolute Gasteiger partial charge is 0.490 e. The van der Waals surface area contributed by atoms with E-state index in [0.29, 0.717) is 38.2 Å². The molecule has 0 unspecified atom stereocenters. The molecule has 40 heavy (non-hydrogen) atoms. The quantitative estimate of drug-likeness (QED) is 0.0442. The number of ether oxygens (including phenoxy) is 2. The average molecular weight is 557 g/mol. The molecule has 0 aromatic heterocycles. The molecule has 2 atom stereocenters. The summed E-state index contributed by atoms with van der Waals surface area (Å²) in [5.41, 5.74) is 11.4. The Morgan fingerprint density at radius 3 is 2.35 bits per heavy atom. The normalized spacial score (nSPS) is 12.2. The number of aliphatic imine (C=N–C) groups is 1. The summed E-state index contributed by atoms with van der Waals surface area (Å²) >= 11 is 0. The molecule has 7 N–H and O–H groups in total. The minimum Gasteiger partial charge on any atom is -0.490 e. The van der Waals surface area contributed by atoms with Crippen LogP contribution in [0.5, 0.6) is 5.75 Å². The minimum atomic E-state index is -0.977. The number of amides is 3. The van der Waals surface area contributed by atoms with Crippen LogP contribution in [0.15, 0.2) is 66.3 Å². The third kappa shape index (κ3) is 13.8. The van der Waals surface area contributed by atoms with Gasteiger partial charge < -0.3 is 36.9 Å². The molecule has 3 amide bonds. The number of carbonyl (C=O) groups is 4. The van der Waals surface area contributed by atoms with Gasteiger partial charge in [0.1, 0.15) is 24.1 Å². The number of guanidine groups is 1. The van der Waals surface area contributed by atoms with Crippen molar-refractivity contribution in [3.05, 3.63) is 66.9 Å². The van der Waals surface area contributed by atoms with E-state index in [0.717, 1.165) is 5.56 Å². The maximum atomic E-state index is 13.3. The van der Waals surface area contributed by atoms with E-state index in [1.54, 1.807) is 36.4 Å². The Balaban J connectivity index is 3.12. The van der Waals surface area contributed by atoms with Crippen LogP contribution < -0.4 is 32.2 Å². The average Bonchev–Trinajstić information content (AvgIpc) is 2.90. The van der Waals surface area contributed by atoms with Gasteiger partial charge >= 0.3 is 5.97 Å². The van der Waals surface area contributed by atoms with Crippen LogP contribution in [0.25, 0.3) is 0 Å². The summed E-state index contributed by atoms with van der Waals surface area (Å²) in [4.78, 5) is 54.0. The second-order valence-corrected chi connectivity index (χ2v) is 8.73. The molecule has 218 valence electrons. The van der Waals surface area contributed by atoms with Crippen molar-refractivity contribution in [1.29, 1.82) is 0 Å². The molecular weight excluding hydrogens is 516 g/mol. The first kappa shape index (κ1) is 33.4. The number of nitrogens with two attached hydrogens (primary N) is 2. The molecule has 0 spiro atoms. The number of methoxy groups -OCH3 is 1. The maximum absolute atomic E-state index is 13.3. The first-order valence-electron chi connectivity index (χ1n) is 12.7. The Bertz CT molecular complexity index is 1080. The third-order valence-electron chi connectivity index (χ3n) is 5.36. The molecule has 1 rings (SSSR count). The molecule has 1 aromatic rings. The first-order valence-corrected chi connectivity index (χ1v) is 12.7. The van der Waals surface area contributed by atoms with Gasteiger partial charge in [-0.2, -0.15) is 0 Å². The molecule has 0 saturated heterocycles. The smallest absolute Gasteiger partial charge is 0.307 e. The molecule has 0 heterocycles. The fraction of sp³-hybridized carbons (Fsp3) is 0.393. The molecular formula is C28H40N6O6. The van der Waals surface area contributed by atoms with Gasteiger partial charge in [-0.1, -0.05) is 36.9 Å². The standard InChI is InChI=1S/C28H40N6O6/c1-5-9-21(18-25(36)39-4)33-26(37)23(10-7-8-15-31-28(29)30)34-27(38)24(32-19(3)35)17-20-11-13-22(14-12-20)40-16-6-2/h5-6,10-14,21,24H,1-2,7-9,15-18H2,3-4H3,(H,32,35)(H,33,37)(H,34,38)(H4,29,30,31)/b23-10+/t21-,24-/m0/s1. The number of allylic oxidation sites excluding steroid dienone is 1. The lowest BCUT2D eigenvalue weighted by Crippen LogP contribution is -2.49. The second-order valence-electron chi connectivity index (χ2n) is 8.73. The van der Waals surface area contributed by atoms with E-state index in [1.807, 2.05) is 0 Å². The van der Waals surface area contributed by atoms with E-state index in [9.17, 15) is 19.2 Å². The Morgan fingerprint density at radius 1 is 1.07 bits per heavy atom. The van der Waals surface area contributed by atoms with Crippen LogP contribution in [-0.4, -0.2) is 62.0 Å². The Hall–Kier alpha value is -4.61. The fourth-order valence-corrected chi connectivity index (χ4v) is 3.48. The Morgan fingerprint density at radius 2 is 1.77 bits per heavy atom. The van der Waals surface area contributed by atoms with Gasteiger partial charge in [0.25, 0.3) is 5.91 Å². The third-order valence-corrected chi connectivity index (χ3v) is 5.36. The van der Waals surface area contributed by atoms with Crippen LogP contribution in [0.2, 0.25) is 0 Å². The molecule has 0 aliphatic heterocycles. The van der Waals surface area contributed by atoms with Gasteiger partial charge in [0.05, 0.1) is 13.5 Å². The number of hydrogen-bond donors (Lipinski definition) is 5. The summed E-state index contributed by atoms with van der Waals surface area (Å²) in [5.74, 6) is -1.55. The number of esters is 1. The highest BCUT2D eigenvalue weighted by atomic mass is 16.5. The molecule has 0 fully saturated rings. The maximum Gasteiger partial charge on any atom is 0.307 e. The van der Waals surface area contributed by atoms with Gasteiger partial charge in [0, 0.05) is 25.9 Å². The summed E-state index contributed by atoms with van der Waals surface area (Å²) in [5, 5.41) is 7.99. The molecule has 12 nitrogen and oxygen atoms in total. The molecule has 0 saturated carbocycles. The van der Waals surface area contributed by atoms with Crippen LogP contribution >= 0.6 is 0 Å². The number of carbonyl (C=O) groups excluding carboxylic acids is 4. The van der Waals surface area contributed by atoms with Crippen LogP contribution in [0.3, 0.4) is 0 Å². The van der Waals surface area contributed by atoms with Crippen molar-refractivity contribution in [3.8, 4) is 5.75 Å². The number of hydrogen-bond acceptors (Lipinski definition) is 7. The van der Waals surface area contributed by atoms with Gasteiger partial charge in [0.15, 0.2) is 5.96 Å². The number of rotatable bonds is 18. The number of unbranched alkanes of at least 4 members (excludes halogenated alkanes) is 1. The lowest BCUT2D eigenvalue weighted by molar-refractivity contribution is -0.141. The summed E-state index contributed by atoms with van der Waals surface area (Å²) in [7, 11) is 1.25. The zero-order valence-corrected chi connectivity index (χ0v) is 23.1. The first-order chi connectivity index (χ1) is 19.1. The molecule has 0 bridgehead atoms. The van der Waals surface area contributed by atoms with Gasteiger partial charge in [-0.15, -0.1) is 6.58 Å². The lowest BCUT2D eigenvalue weighted by atomic mass is 10.0. The van der Waals surface area contributed by atoms with Gasteiger partial charge in [0.2, 0.25) is 11.8 Å². The van der Waals surface area contributed by atoms with Crippen LogP contribution in [0.1, 0.15) is 38.2 Å². The minimum absolute atomic E-state index is 0.0443. The molecule has 12 heteroatoms. The van der Waals surface area contributed by atoms with Crippen LogP contribution in [0, 0.1) is 0 Å². The molecule has 0 aliphatic carbocycles. The molecule has 0 aliphatic rings.